The molecule has 1 aliphatic heterocycles. The molecule has 5 nitrogen and oxygen atoms in total. The molecule has 1 aromatic carbocycles. The van der Waals surface area contributed by atoms with Crippen molar-refractivity contribution in [3.8, 4) is 0 Å². The summed E-state index contributed by atoms with van der Waals surface area (Å²) >= 11 is 6.06. The number of hydrogen-bond donors (Lipinski definition) is 1. The second-order valence-corrected chi connectivity index (χ2v) is 9.03. The minimum absolute atomic E-state index is 0.146. The second kappa shape index (κ2) is 5.19. The van der Waals surface area contributed by atoms with E-state index in [0.29, 0.717) is 12.8 Å². The van der Waals surface area contributed by atoms with E-state index in [2.05, 4.69) is 0 Å². The lowest BCUT2D eigenvalue weighted by atomic mass is 9.93. The summed E-state index contributed by atoms with van der Waals surface area (Å²) in [6.07, 6.45) is 3.10. The van der Waals surface area contributed by atoms with Gasteiger partial charge in [0.2, 0.25) is 7.37 Å². The second-order valence-electron chi connectivity index (χ2n) is 6.03. The zero-order chi connectivity index (χ0) is 16.1. The van der Waals surface area contributed by atoms with Crippen molar-refractivity contribution in [3.05, 3.63) is 34.3 Å². The predicted molar refractivity (Wildman–Crippen MR) is 83.5 cm³/mol. The number of benzene rings is 1. The lowest BCUT2D eigenvalue weighted by Gasteiger charge is -2.44. The molecule has 1 fully saturated rings. The van der Waals surface area contributed by atoms with E-state index in [1.54, 1.807) is 12.1 Å². The zero-order valence-corrected chi connectivity index (χ0v) is 13.9. The molecule has 1 N–H and O–H groups in total. The lowest BCUT2D eigenvalue weighted by Crippen LogP contribution is -2.52. The van der Waals surface area contributed by atoms with E-state index in [-0.39, 0.29) is 16.1 Å². The summed E-state index contributed by atoms with van der Waals surface area (Å²) in [6.45, 7) is 1.24. The summed E-state index contributed by atoms with van der Waals surface area (Å²) in [6, 6.07) is 4.69. The van der Waals surface area contributed by atoms with E-state index >= 15 is 0 Å². The Kier molecular flexibility index (Phi) is 3.71. The van der Waals surface area contributed by atoms with Crippen LogP contribution >= 0.6 is 19.0 Å². The van der Waals surface area contributed by atoms with Crippen LogP contribution in [0.5, 0.6) is 0 Å². The van der Waals surface area contributed by atoms with Crippen molar-refractivity contribution in [1.82, 2.24) is 4.90 Å². The fourth-order valence-electron chi connectivity index (χ4n) is 3.56. The van der Waals surface area contributed by atoms with Gasteiger partial charge < -0.3 is 4.89 Å². The molecule has 1 saturated carbocycles. The quantitative estimate of drug-likeness (QED) is 0.660. The van der Waals surface area contributed by atoms with Gasteiger partial charge in [-0.25, -0.2) is 0 Å². The fraction of sp³-hybridized carbons (Fsp3) is 0.467. The van der Waals surface area contributed by atoms with Gasteiger partial charge >= 0.3 is 0 Å². The maximum absolute atomic E-state index is 12.8. The Morgan fingerprint density at radius 2 is 1.82 bits per heavy atom. The van der Waals surface area contributed by atoms with Gasteiger partial charge in [-0.3, -0.25) is 19.1 Å². The monoisotopic (exact) mass is 341 g/mol. The molecule has 0 radical (unpaired) electrons. The maximum atomic E-state index is 12.8. The number of halogens is 1. The van der Waals surface area contributed by atoms with Gasteiger partial charge in [-0.1, -0.05) is 36.9 Å². The molecule has 7 heteroatoms. The molecule has 1 atom stereocenters. The zero-order valence-electron chi connectivity index (χ0n) is 12.2. The topological polar surface area (TPSA) is 74.7 Å². The molecule has 1 aromatic rings. The SMILES string of the molecule is CP(=O)(O)C1(N2C(=O)c3cccc(Cl)c3C2=O)CCCCC1. The number of nitrogens with zero attached hydrogens (tertiary/aromatic N) is 1. The Bertz CT molecular complexity index is 705. The molecule has 118 valence electrons. The van der Waals surface area contributed by atoms with Gasteiger partial charge in [-0.15, -0.1) is 0 Å². The van der Waals surface area contributed by atoms with Crippen LogP contribution in [0.15, 0.2) is 18.2 Å². The summed E-state index contributed by atoms with van der Waals surface area (Å²) in [4.78, 5) is 36.8. The Labute approximate surface area is 133 Å². The Morgan fingerprint density at radius 3 is 2.36 bits per heavy atom. The minimum Gasteiger partial charge on any atom is -0.343 e. The highest BCUT2D eigenvalue weighted by atomic mass is 35.5. The third kappa shape index (κ3) is 2.07. The van der Waals surface area contributed by atoms with Gasteiger partial charge in [0.05, 0.1) is 16.1 Å². The number of carbonyl (C=O) groups excluding carboxylic acids is 2. The van der Waals surface area contributed by atoms with Crippen molar-refractivity contribution in [2.24, 2.45) is 0 Å². The van der Waals surface area contributed by atoms with E-state index in [9.17, 15) is 19.0 Å². The van der Waals surface area contributed by atoms with Crippen molar-refractivity contribution in [1.29, 1.82) is 0 Å². The van der Waals surface area contributed by atoms with Gasteiger partial charge in [0.1, 0.15) is 5.28 Å². The first-order valence-corrected chi connectivity index (χ1v) is 9.76. The molecule has 1 heterocycles. The number of imide groups is 1. The van der Waals surface area contributed by atoms with Crippen LogP contribution in [-0.2, 0) is 4.57 Å². The summed E-state index contributed by atoms with van der Waals surface area (Å²) in [7, 11) is -3.70. The molecule has 22 heavy (non-hydrogen) atoms. The standard InChI is InChI=1S/C15H17ClNO4P/c1-22(20,21)15(8-3-2-4-9-15)17-13(18)10-6-5-7-11(16)12(10)14(17)19/h5-7H,2-4,8-9H2,1H3,(H,20,21). The molecule has 2 aliphatic rings. The number of amides is 2. The molecule has 0 bridgehead atoms. The average Bonchev–Trinajstić information content (AvgIpc) is 2.72. The highest BCUT2D eigenvalue weighted by molar-refractivity contribution is 7.58. The molecule has 0 saturated heterocycles. The largest absolute Gasteiger partial charge is 0.343 e. The average molecular weight is 342 g/mol. The maximum Gasteiger partial charge on any atom is 0.264 e. The summed E-state index contributed by atoms with van der Waals surface area (Å²) in [5, 5.41) is -1.10. The van der Waals surface area contributed by atoms with Gasteiger partial charge in [0, 0.05) is 6.66 Å². The smallest absolute Gasteiger partial charge is 0.264 e. The van der Waals surface area contributed by atoms with Gasteiger partial charge in [-0.05, 0) is 25.0 Å². The van der Waals surface area contributed by atoms with E-state index < -0.39 is 24.5 Å². The highest BCUT2D eigenvalue weighted by Gasteiger charge is 2.57. The van der Waals surface area contributed by atoms with Crippen LogP contribution in [0.1, 0.15) is 52.8 Å². The van der Waals surface area contributed by atoms with Crippen LogP contribution in [-0.4, -0.2) is 33.6 Å². The lowest BCUT2D eigenvalue weighted by molar-refractivity contribution is 0.0468. The minimum atomic E-state index is -3.70. The van der Waals surface area contributed by atoms with Crippen LogP contribution < -0.4 is 0 Å². The Hall–Kier alpha value is -1.16. The van der Waals surface area contributed by atoms with Crippen molar-refractivity contribution in [2.45, 2.75) is 37.4 Å². The number of hydrogen-bond acceptors (Lipinski definition) is 3. The van der Waals surface area contributed by atoms with Gasteiger partial charge in [0.15, 0.2) is 0 Å². The third-order valence-electron chi connectivity index (χ3n) is 4.71. The van der Waals surface area contributed by atoms with Gasteiger partial charge in [-0.2, -0.15) is 0 Å². The molecule has 0 aromatic heterocycles. The van der Waals surface area contributed by atoms with Crippen LogP contribution in [0.25, 0.3) is 0 Å². The molecular weight excluding hydrogens is 325 g/mol. The van der Waals surface area contributed by atoms with E-state index in [1.807, 2.05) is 0 Å². The van der Waals surface area contributed by atoms with Crippen molar-refractivity contribution >= 4 is 30.8 Å². The fourth-order valence-corrected chi connectivity index (χ4v) is 5.52. The molecule has 3 rings (SSSR count). The summed E-state index contributed by atoms with van der Waals surface area (Å²) in [5.74, 6) is -1.07. The third-order valence-corrected chi connectivity index (χ3v) is 7.21. The summed E-state index contributed by atoms with van der Waals surface area (Å²) in [5.41, 5.74) is 0.364. The Morgan fingerprint density at radius 1 is 1.18 bits per heavy atom. The molecule has 1 aliphatic carbocycles. The predicted octanol–water partition coefficient (Wildman–Crippen LogP) is 3.50. The normalized spacial score (nSPS) is 23.3. The molecule has 0 spiro atoms. The van der Waals surface area contributed by atoms with Crippen molar-refractivity contribution in [3.63, 3.8) is 0 Å². The first kappa shape index (κ1) is 15.7. The van der Waals surface area contributed by atoms with Crippen molar-refractivity contribution < 1.29 is 19.0 Å². The van der Waals surface area contributed by atoms with Crippen LogP contribution in [0.2, 0.25) is 5.02 Å². The first-order valence-electron chi connectivity index (χ1n) is 7.27. The molecule has 1 unspecified atom stereocenters. The van der Waals surface area contributed by atoms with E-state index in [1.165, 1.54) is 12.7 Å². The van der Waals surface area contributed by atoms with Crippen LogP contribution in [0.3, 0.4) is 0 Å². The number of rotatable bonds is 2. The first-order chi connectivity index (χ1) is 10.3. The molecule has 2 amide bonds. The van der Waals surface area contributed by atoms with Gasteiger partial charge in [0.25, 0.3) is 11.8 Å². The van der Waals surface area contributed by atoms with E-state index in [4.69, 9.17) is 11.6 Å². The van der Waals surface area contributed by atoms with Crippen molar-refractivity contribution in [2.75, 3.05) is 6.66 Å². The number of carbonyl (C=O) groups is 2. The van der Waals surface area contributed by atoms with Crippen LogP contribution in [0, 0.1) is 0 Å². The summed E-state index contributed by atoms with van der Waals surface area (Å²) < 4.78 is 12.6. The number of fused-ring (bicyclic) bond motifs is 1. The van der Waals surface area contributed by atoms with E-state index in [0.717, 1.165) is 24.2 Å². The highest BCUT2D eigenvalue weighted by Crippen LogP contribution is 2.61. The Balaban J connectivity index is 2.16. The van der Waals surface area contributed by atoms with Crippen LogP contribution in [0.4, 0.5) is 0 Å². The molecular formula is C15H17ClNO4P.